The molecule has 0 spiro atoms. The van der Waals surface area contributed by atoms with Crippen LogP contribution in [0.15, 0.2) is 28.9 Å². The molecule has 0 saturated heterocycles. The fraction of sp³-hybridized carbons (Fsp3) is 0.462. The molecule has 0 atom stereocenters. The molecule has 1 aromatic carbocycles. The molecule has 2 aromatic rings. The van der Waals surface area contributed by atoms with E-state index in [9.17, 15) is 0 Å². The smallest absolute Gasteiger partial charge is 0.167 e. The average Bonchev–Trinajstić information content (AvgIpc) is 2.85. The van der Waals surface area contributed by atoms with Gasteiger partial charge in [-0.25, -0.2) is 0 Å². The summed E-state index contributed by atoms with van der Waals surface area (Å²) in [7, 11) is 0. The molecule has 1 aliphatic rings. The second-order valence-corrected chi connectivity index (χ2v) is 4.85. The van der Waals surface area contributed by atoms with Crippen LogP contribution in [0.2, 0.25) is 0 Å². The maximum absolute atomic E-state index is 5.21. The van der Waals surface area contributed by atoms with Gasteiger partial charge < -0.3 is 4.52 Å². The Morgan fingerprint density at radius 1 is 1.27 bits per heavy atom. The van der Waals surface area contributed by atoms with E-state index in [1.54, 1.807) is 6.20 Å². The minimum Gasteiger partial charge on any atom is -0.356 e. The first-order valence-corrected chi connectivity index (χ1v) is 5.63. The summed E-state index contributed by atoms with van der Waals surface area (Å²) in [5, 5.41) is 4.91. The lowest BCUT2D eigenvalue weighted by Gasteiger charge is -2.23. The molecule has 0 amide bonds. The SMILES string of the molecule is CC1(c2ccc3cnoc3c2)CCCC1. The van der Waals surface area contributed by atoms with Crippen LogP contribution in [0, 0.1) is 0 Å². The van der Waals surface area contributed by atoms with Gasteiger partial charge in [-0.1, -0.05) is 31.0 Å². The minimum absolute atomic E-state index is 0.362. The van der Waals surface area contributed by atoms with Crippen molar-refractivity contribution in [1.82, 2.24) is 5.16 Å². The lowest BCUT2D eigenvalue weighted by molar-refractivity contribution is 0.453. The molecule has 0 aliphatic heterocycles. The molecule has 15 heavy (non-hydrogen) atoms. The van der Waals surface area contributed by atoms with E-state index >= 15 is 0 Å². The van der Waals surface area contributed by atoms with E-state index in [1.165, 1.54) is 31.2 Å². The summed E-state index contributed by atoms with van der Waals surface area (Å²) in [6.07, 6.45) is 7.07. The highest BCUT2D eigenvalue weighted by Crippen LogP contribution is 2.41. The Hall–Kier alpha value is -1.31. The molecule has 2 heteroatoms. The summed E-state index contributed by atoms with van der Waals surface area (Å²) < 4.78 is 5.21. The van der Waals surface area contributed by atoms with E-state index in [4.69, 9.17) is 4.52 Å². The summed E-state index contributed by atoms with van der Waals surface area (Å²) in [5.41, 5.74) is 2.69. The Balaban J connectivity index is 2.10. The zero-order valence-corrected chi connectivity index (χ0v) is 8.99. The maximum Gasteiger partial charge on any atom is 0.167 e. The zero-order valence-electron chi connectivity index (χ0n) is 8.99. The molecule has 3 rings (SSSR count). The summed E-state index contributed by atoms with van der Waals surface area (Å²) >= 11 is 0. The van der Waals surface area contributed by atoms with E-state index in [1.807, 2.05) is 0 Å². The van der Waals surface area contributed by atoms with Gasteiger partial charge in [-0.3, -0.25) is 0 Å². The van der Waals surface area contributed by atoms with Crippen molar-refractivity contribution in [3.8, 4) is 0 Å². The Labute approximate surface area is 89.3 Å². The number of rotatable bonds is 1. The number of fused-ring (bicyclic) bond motifs is 1. The van der Waals surface area contributed by atoms with Crippen LogP contribution >= 0.6 is 0 Å². The Morgan fingerprint density at radius 2 is 2.07 bits per heavy atom. The predicted octanol–water partition coefficient (Wildman–Crippen LogP) is 3.66. The van der Waals surface area contributed by atoms with Gasteiger partial charge in [0, 0.05) is 5.39 Å². The largest absolute Gasteiger partial charge is 0.356 e. The highest BCUT2D eigenvalue weighted by molar-refractivity contribution is 5.76. The number of benzene rings is 1. The van der Waals surface area contributed by atoms with Crippen LogP contribution in [0.5, 0.6) is 0 Å². The van der Waals surface area contributed by atoms with E-state index in [0.717, 1.165) is 11.0 Å². The third-order valence-electron chi connectivity index (χ3n) is 3.76. The van der Waals surface area contributed by atoms with Crippen molar-refractivity contribution in [2.75, 3.05) is 0 Å². The fourth-order valence-corrected chi connectivity index (χ4v) is 2.68. The standard InChI is InChI=1S/C13H15NO/c1-13(6-2-3-7-13)11-5-4-10-9-14-15-12(10)8-11/h4-5,8-9H,2-3,6-7H2,1H3. The lowest BCUT2D eigenvalue weighted by atomic mass is 9.81. The number of hydrogen-bond acceptors (Lipinski definition) is 2. The van der Waals surface area contributed by atoms with Crippen molar-refractivity contribution >= 4 is 11.0 Å². The molecule has 0 radical (unpaired) electrons. The van der Waals surface area contributed by atoms with Gasteiger partial charge in [0.25, 0.3) is 0 Å². The van der Waals surface area contributed by atoms with Crippen LogP contribution in [0.25, 0.3) is 11.0 Å². The first-order chi connectivity index (χ1) is 7.28. The number of aromatic nitrogens is 1. The van der Waals surface area contributed by atoms with E-state index in [-0.39, 0.29) is 0 Å². The normalized spacial score (nSPS) is 19.8. The molecular weight excluding hydrogens is 186 g/mol. The van der Waals surface area contributed by atoms with Crippen molar-refractivity contribution in [2.45, 2.75) is 38.0 Å². The summed E-state index contributed by atoms with van der Waals surface area (Å²) in [4.78, 5) is 0. The Bertz CT molecular complexity index is 480. The van der Waals surface area contributed by atoms with Crippen LogP contribution in [-0.4, -0.2) is 5.16 Å². The summed E-state index contributed by atoms with van der Waals surface area (Å²) in [6, 6.07) is 6.50. The minimum atomic E-state index is 0.362. The van der Waals surface area contributed by atoms with E-state index < -0.39 is 0 Å². The predicted molar refractivity (Wildman–Crippen MR) is 59.8 cm³/mol. The van der Waals surface area contributed by atoms with Crippen LogP contribution in [0.3, 0.4) is 0 Å². The second-order valence-electron chi connectivity index (χ2n) is 4.85. The maximum atomic E-state index is 5.21. The molecule has 0 bridgehead atoms. The molecule has 1 aromatic heterocycles. The first kappa shape index (κ1) is 8.96. The van der Waals surface area contributed by atoms with Crippen molar-refractivity contribution < 1.29 is 4.52 Å². The van der Waals surface area contributed by atoms with Crippen molar-refractivity contribution in [3.05, 3.63) is 30.0 Å². The number of nitrogens with zero attached hydrogens (tertiary/aromatic N) is 1. The van der Waals surface area contributed by atoms with Gasteiger partial charge in [0.2, 0.25) is 0 Å². The van der Waals surface area contributed by atoms with Crippen molar-refractivity contribution in [1.29, 1.82) is 0 Å². The summed E-state index contributed by atoms with van der Waals surface area (Å²) in [6.45, 7) is 2.36. The highest BCUT2D eigenvalue weighted by Gasteiger charge is 2.30. The fourth-order valence-electron chi connectivity index (χ4n) is 2.68. The monoisotopic (exact) mass is 201 g/mol. The van der Waals surface area contributed by atoms with Crippen LogP contribution < -0.4 is 0 Å². The Kier molecular flexibility index (Phi) is 1.84. The molecule has 2 nitrogen and oxygen atoms in total. The van der Waals surface area contributed by atoms with Crippen LogP contribution in [0.1, 0.15) is 38.2 Å². The molecule has 1 fully saturated rings. The third kappa shape index (κ3) is 1.36. The van der Waals surface area contributed by atoms with Gasteiger partial charge in [0.1, 0.15) is 0 Å². The zero-order chi connectivity index (χ0) is 10.3. The van der Waals surface area contributed by atoms with Gasteiger partial charge in [0.15, 0.2) is 5.58 Å². The van der Waals surface area contributed by atoms with Crippen molar-refractivity contribution in [2.24, 2.45) is 0 Å². The number of hydrogen-bond donors (Lipinski definition) is 0. The van der Waals surface area contributed by atoms with Gasteiger partial charge in [-0.15, -0.1) is 0 Å². The molecular formula is C13H15NO. The average molecular weight is 201 g/mol. The lowest BCUT2D eigenvalue weighted by Crippen LogP contribution is -2.16. The van der Waals surface area contributed by atoms with Gasteiger partial charge in [-0.05, 0) is 36.0 Å². The topological polar surface area (TPSA) is 26.0 Å². The van der Waals surface area contributed by atoms with Gasteiger partial charge >= 0.3 is 0 Å². The molecule has 1 aliphatic carbocycles. The van der Waals surface area contributed by atoms with Gasteiger partial charge in [-0.2, -0.15) is 0 Å². The molecule has 1 saturated carbocycles. The quantitative estimate of drug-likeness (QED) is 0.703. The third-order valence-corrected chi connectivity index (χ3v) is 3.76. The van der Waals surface area contributed by atoms with Gasteiger partial charge in [0.05, 0.1) is 6.20 Å². The van der Waals surface area contributed by atoms with Crippen molar-refractivity contribution in [3.63, 3.8) is 0 Å². The van der Waals surface area contributed by atoms with E-state index in [0.29, 0.717) is 5.41 Å². The highest BCUT2D eigenvalue weighted by atomic mass is 16.5. The first-order valence-electron chi connectivity index (χ1n) is 5.63. The second kappa shape index (κ2) is 3.09. The molecule has 0 N–H and O–H groups in total. The van der Waals surface area contributed by atoms with Crippen LogP contribution in [-0.2, 0) is 5.41 Å². The summed E-state index contributed by atoms with van der Waals surface area (Å²) in [5.74, 6) is 0. The molecule has 0 unspecified atom stereocenters. The molecule has 78 valence electrons. The van der Waals surface area contributed by atoms with Crippen LogP contribution in [0.4, 0.5) is 0 Å². The van der Waals surface area contributed by atoms with E-state index in [2.05, 4.69) is 30.3 Å². The Morgan fingerprint density at radius 3 is 2.87 bits per heavy atom. The molecule has 1 heterocycles.